The van der Waals surface area contributed by atoms with E-state index < -0.39 is 0 Å². The second kappa shape index (κ2) is 5.51. The Hall–Kier alpha value is -0.630. The van der Waals surface area contributed by atoms with Crippen LogP contribution in [-0.4, -0.2) is 12.3 Å². The van der Waals surface area contributed by atoms with Crippen molar-refractivity contribution in [2.45, 2.75) is 26.3 Å². The Morgan fingerprint density at radius 3 is 2.78 bits per heavy atom. The molecule has 0 aromatic heterocycles. The van der Waals surface area contributed by atoms with E-state index in [1.54, 1.807) is 6.20 Å². The summed E-state index contributed by atoms with van der Waals surface area (Å²) in [7, 11) is 0. The van der Waals surface area contributed by atoms with E-state index in [9.17, 15) is 0 Å². The number of hydrogen-bond donors (Lipinski definition) is 1. The molecule has 0 aromatic rings. The molecule has 1 unspecified atom stereocenters. The van der Waals surface area contributed by atoms with Gasteiger partial charge in [0.05, 0.1) is 0 Å². The van der Waals surface area contributed by atoms with Crippen molar-refractivity contribution in [1.82, 2.24) is 0 Å². The molecule has 0 aliphatic heterocycles. The zero-order chi connectivity index (χ0) is 7.11. The molecule has 9 heavy (non-hydrogen) atoms. The van der Waals surface area contributed by atoms with E-state index in [0.29, 0.717) is 0 Å². The lowest BCUT2D eigenvalue weighted by atomic mass is 10.4. The van der Waals surface area contributed by atoms with E-state index in [-0.39, 0.29) is 6.04 Å². The average molecular weight is 126 g/mol. The number of aliphatic imine (C=N–C) groups is 1. The predicted octanol–water partition coefficient (Wildman–Crippen LogP) is 1.33. The third kappa shape index (κ3) is 7.37. The molecular formula is C7H14N2. The molecule has 2 heteroatoms. The highest BCUT2D eigenvalue weighted by atomic mass is 14.7. The topological polar surface area (TPSA) is 38.4 Å². The van der Waals surface area contributed by atoms with E-state index in [0.717, 1.165) is 6.42 Å². The molecule has 0 heterocycles. The van der Waals surface area contributed by atoms with Gasteiger partial charge in [0, 0.05) is 18.5 Å². The number of hydrogen-bond acceptors (Lipinski definition) is 2. The minimum atomic E-state index is 0.110. The second-order valence-electron chi connectivity index (χ2n) is 1.94. The van der Waals surface area contributed by atoms with Crippen LogP contribution in [0.25, 0.3) is 0 Å². The summed E-state index contributed by atoms with van der Waals surface area (Å²) in [4.78, 5) is 3.94. The standard InChI is InChI=1S/C7H14N2/c1-3-5-9-6-4-7(2)8/h4-7H,3,8H2,1-2H3/b6-4-,9-5?. The molecule has 2 nitrogen and oxygen atoms in total. The van der Waals surface area contributed by atoms with E-state index in [2.05, 4.69) is 4.99 Å². The molecule has 1 atom stereocenters. The fraction of sp³-hybridized carbons (Fsp3) is 0.571. The van der Waals surface area contributed by atoms with Crippen LogP contribution in [0.3, 0.4) is 0 Å². The monoisotopic (exact) mass is 126 g/mol. The lowest BCUT2D eigenvalue weighted by Gasteiger charge is -1.89. The fourth-order valence-electron chi connectivity index (χ4n) is 0.352. The molecule has 0 bridgehead atoms. The van der Waals surface area contributed by atoms with Gasteiger partial charge in [-0.05, 0) is 19.4 Å². The first-order valence-electron chi connectivity index (χ1n) is 3.21. The highest BCUT2D eigenvalue weighted by molar-refractivity contribution is 5.57. The van der Waals surface area contributed by atoms with E-state index >= 15 is 0 Å². The third-order valence-electron chi connectivity index (χ3n) is 0.764. The van der Waals surface area contributed by atoms with Crippen LogP contribution < -0.4 is 5.73 Å². The zero-order valence-electron chi connectivity index (χ0n) is 6.04. The van der Waals surface area contributed by atoms with Crippen molar-refractivity contribution in [3.63, 3.8) is 0 Å². The average Bonchev–Trinajstić information content (AvgIpc) is 1.80. The fourth-order valence-corrected chi connectivity index (χ4v) is 0.352. The maximum atomic E-state index is 5.41. The van der Waals surface area contributed by atoms with Gasteiger partial charge in [0.15, 0.2) is 0 Å². The Balaban J connectivity index is 3.35. The van der Waals surface area contributed by atoms with Crippen molar-refractivity contribution in [3.05, 3.63) is 12.3 Å². The van der Waals surface area contributed by atoms with Crippen LogP contribution in [-0.2, 0) is 0 Å². The van der Waals surface area contributed by atoms with Gasteiger partial charge >= 0.3 is 0 Å². The molecule has 52 valence electrons. The first-order chi connectivity index (χ1) is 4.27. The highest BCUT2D eigenvalue weighted by Gasteiger charge is 1.78. The minimum absolute atomic E-state index is 0.110. The van der Waals surface area contributed by atoms with Crippen molar-refractivity contribution >= 4 is 6.21 Å². The van der Waals surface area contributed by atoms with Gasteiger partial charge in [-0.2, -0.15) is 0 Å². The van der Waals surface area contributed by atoms with Gasteiger partial charge < -0.3 is 5.73 Å². The maximum Gasteiger partial charge on any atom is 0.0239 e. The van der Waals surface area contributed by atoms with E-state index in [1.807, 2.05) is 26.1 Å². The minimum Gasteiger partial charge on any atom is -0.325 e. The lowest BCUT2D eigenvalue weighted by Crippen LogP contribution is -2.09. The van der Waals surface area contributed by atoms with Crippen LogP contribution >= 0.6 is 0 Å². The van der Waals surface area contributed by atoms with Gasteiger partial charge in [0.2, 0.25) is 0 Å². The molecular weight excluding hydrogens is 112 g/mol. The Bertz CT molecular complexity index is 103. The van der Waals surface area contributed by atoms with Crippen molar-refractivity contribution in [2.75, 3.05) is 0 Å². The van der Waals surface area contributed by atoms with Crippen LogP contribution in [0.15, 0.2) is 17.3 Å². The van der Waals surface area contributed by atoms with Gasteiger partial charge in [-0.3, -0.25) is 4.99 Å². The summed E-state index contributed by atoms with van der Waals surface area (Å²) < 4.78 is 0. The molecule has 0 rings (SSSR count). The summed E-state index contributed by atoms with van der Waals surface area (Å²) in [5, 5.41) is 0. The zero-order valence-corrected chi connectivity index (χ0v) is 6.04. The van der Waals surface area contributed by atoms with Crippen molar-refractivity contribution in [2.24, 2.45) is 10.7 Å². The highest BCUT2D eigenvalue weighted by Crippen LogP contribution is 1.79. The Kier molecular flexibility index (Phi) is 5.12. The Labute approximate surface area is 56.5 Å². The van der Waals surface area contributed by atoms with Gasteiger partial charge in [-0.15, -0.1) is 0 Å². The molecule has 0 aliphatic rings. The summed E-state index contributed by atoms with van der Waals surface area (Å²) in [5.41, 5.74) is 5.41. The summed E-state index contributed by atoms with van der Waals surface area (Å²) >= 11 is 0. The second-order valence-corrected chi connectivity index (χ2v) is 1.94. The molecule has 0 aliphatic carbocycles. The first-order valence-corrected chi connectivity index (χ1v) is 3.21. The van der Waals surface area contributed by atoms with E-state index in [1.165, 1.54) is 0 Å². The van der Waals surface area contributed by atoms with Crippen LogP contribution in [0.5, 0.6) is 0 Å². The SMILES string of the molecule is CCC=N/C=C\C(C)N. The molecule has 2 N–H and O–H groups in total. The number of nitrogens with two attached hydrogens (primary N) is 1. The molecule has 0 saturated carbocycles. The summed E-state index contributed by atoms with van der Waals surface area (Å²) in [6.07, 6.45) is 6.41. The molecule has 0 amide bonds. The first kappa shape index (κ1) is 8.37. The molecule has 0 fully saturated rings. The third-order valence-corrected chi connectivity index (χ3v) is 0.764. The largest absolute Gasteiger partial charge is 0.325 e. The summed E-state index contributed by atoms with van der Waals surface area (Å²) in [6, 6.07) is 0.110. The predicted molar refractivity (Wildman–Crippen MR) is 41.6 cm³/mol. The lowest BCUT2D eigenvalue weighted by molar-refractivity contribution is 0.923. The molecule has 0 radical (unpaired) electrons. The smallest absolute Gasteiger partial charge is 0.0239 e. The normalized spacial score (nSPS) is 15.4. The quantitative estimate of drug-likeness (QED) is 0.569. The summed E-state index contributed by atoms with van der Waals surface area (Å²) in [6.45, 7) is 3.96. The van der Waals surface area contributed by atoms with E-state index in [4.69, 9.17) is 5.73 Å². The van der Waals surface area contributed by atoms with Gasteiger partial charge in [-0.1, -0.05) is 6.92 Å². The van der Waals surface area contributed by atoms with Crippen LogP contribution in [0.1, 0.15) is 20.3 Å². The molecule has 0 aromatic carbocycles. The van der Waals surface area contributed by atoms with Gasteiger partial charge in [0.25, 0.3) is 0 Å². The van der Waals surface area contributed by atoms with Crippen molar-refractivity contribution in [1.29, 1.82) is 0 Å². The van der Waals surface area contributed by atoms with Gasteiger partial charge in [-0.25, -0.2) is 0 Å². The maximum absolute atomic E-state index is 5.41. The van der Waals surface area contributed by atoms with Crippen LogP contribution in [0.4, 0.5) is 0 Å². The summed E-state index contributed by atoms with van der Waals surface area (Å²) in [5.74, 6) is 0. The van der Waals surface area contributed by atoms with Crippen LogP contribution in [0.2, 0.25) is 0 Å². The van der Waals surface area contributed by atoms with Gasteiger partial charge in [0.1, 0.15) is 0 Å². The molecule has 0 saturated heterocycles. The van der Waals surface area contributed by atoms with Crippen LogP contribution in [0, 0.1) is 0 Å². The number of nitrogens with zero attached hydrogens (tertiary/aromatic N) is 1. The van der Waals surface area contributed by atoms with Crippen molar-refractivity contribution < 1.29 is 0 Å². The Morgan fingerprint density at radius 2 is 2.33 bits per heavy atom. The molecule has 0 spiro atoms. The Morgan fingerprint density at radius 1 is 1.67 bits per heavy atom. The number of rotatable bonds is 3. The van der Waals surface area contributed by atoms with Crippen molar-refractivity contribution in [3.8, 4) is 0 Å².